The van der Waals surface area contributed by atoms with E-state index >= 15 is 0 Å². The second-order valence-electron chi connectivity index (χ2n) is 4.20. The van der Waals surface area contributed by atoms with Crippen LogP contribution in [0.1, 0.15) is 17.0 Å². The van der Waals surface area contributed by atoms with Crippen LogP contribution in [-0.2, 0) is 6.18 Å². The topological polar surface area (TPSA) is 12.9 Å². The highest BCUT2D eigenvalue weighted by atomic mass is 19.4. The fraction of sp³-hybridized carbons (Fsp3) is 0.133. The molecule has 19 heavy (non-hydrogen) atoms. The van der Waals surface area contributed by atoms with Crippen LogP contribution >= 0.6 is 0 Å². The second-order valence-corrected chi connectivity index (χ2v) is 4.20. The van der Waals surface area contributed by atoms with Crippen molar-refractivity contribution in [2.45, 2.75) is 13.1 Å². The normalized spacial score (nSPS) is 11.4. The van der Waals surface area contributed by atoms with Crippen LogP contribution < -0.4 is 0 Å². The second kappa shape index (κ2) is 4.88. The Kier molecular flexibility index (Phi) is 3.42. The van der Waals surface area contributed by atoms with Gasteiger partial charge in [-0.2, -0.15) is 13.2 Å². The Bertz CT molecular complexity index is 598. The Morgan fingerprint density at radius 1 is 1.05 bits per heavy atom. The molecule has 0 saturated carbocycles. The monoisotopic (exact) mass is 263 g/mol. The van der Waals surface area contributed by atoms with Crippen molar-refractivity contribution in [3.8, 4) is 11.1 Å². The van der Waals surface area contributed by atoms with Gasteiger partial charge in [0.15, 0.2) is 0 Å². The first-order valence-electron chi connectivity index (χ1n) is 5.69. The first-order chi connectivity index (χ1) is 8.90. The molecule has 2 rings (SSSR count). The largest absolute Gasteiger partial charge is 0.416 e. The van der Waals surface area contributed by atoms with Gasteiger partial charge in [-0.05, 0) is 48.4 Å². The zero-order chi connectivity index (χ0) is 14.0. The molecule has 0 N–H and O–H groups in total. The summed E-state index contributed by atoms with van der Waals surface area (Å²) >= 11 is 0. The average molecular weight is 263 g/mol. The molecule has 4 heteroatoms. The molecule has 1 aromatic heterocycles. The van der Waals surface area contributed by atoms with Gasteiger partial charge >= 0.3 is 6.18 Å². The lowest BCUT2D eigenvalue weighted by molar-refractivity contribution is -0.137. The number of hydrogen-bond acceptors (Lipinski definition) is 1. The molecule has 0 aliphatic carbocycles. The Hall–Kier alpha value is -2.10. The predicted octanol–water partition coefficient (Wildman–Crippen LogP) is 4.72. The molecule has 0 atom stereocenters. The van der Waals surface area contributed by atoms with Crippen molar-refractivity contribution >= 4 is 6.08 Å². The molecule has 0 spiro atoms. The van der Waals surface area contributed by atoms with Crippen molar-refractivity contribution in [1.29, 1.82) is 0 Å². The molecule has 0 unspecified atom stereocenters. The molecule has 98 valence electrons. The molecule has 0 fully saturated rings. The van der Waals surface area contributed by atoms with Crippen LogP contribution in [0, 0.1) is 6.92 Å². The van der Waals surface area contributed by atoms with Gasteiger partial charge in [-0.3, -0.25) is 4.98 Å². The molecule has 0 aliphatic heterocycles. The summed E-state index contributed by atoms with van der Waals surface area (Å²) in [6.07, 6.45) is -2.69. The molecule has 1 nitrogen and oxygen atoms in total. The van der Waals surface area contributed by atoms with Crippen LogP contribution in [0.5, 0.6) is 0 Å². The summed E-state index contributed by atoms with van der Waals surface area (Å²) in [5, 5.41) is 0. The maximum Gasteiger partial charge on any atom is 0.416 e. The van der Waals surface area contributed by atoms with E-state index in [1.54, 1.807) is 12.1 Å². The highest BCUT2D eigenvalue weighted by Crippen LogP contribution is 2.31. The third kappa shape index (κ3) is 3.02. The van der Waals surface area contributed by atoms with Gasteiger partial charge in [0, 0.05) is 5.69 Å². The zero-order valence-electron chi connectivity index (χ0n) is 10.3. The van der Waals surface area contributed by atoms with E-state index in [2.05, 4.69) is 11.6 Å². The van der Waals surface area contributed by atoms with Crippen molar-refractivity contribution in [1.82, 2.24) is 4.98 Å². The highest BCUT2D eigenvalue weighted by molar-refractivity contribution is 5.66. The van der Waals surface area contributed by atoms with Gasteiger partial charge in [0.05, 0.1) is 11.3 Å². The number of benzene rings is 1. The fourth-order valence-corrected chi connectivity index (χ4v) is 1.82. The molecule has 0 saturated heterocycles. The maximum absolute atomic E-state index is 12.5. The Labute approximate surface area is 109 Å². The van der Waals surface area contributed by atoms with E-state index in [9.17, 15) is 13.2 Å². The van der Waals surface area contributed by atoms with E-state index in [0.29, 0.717) is 5.69 Å². The third-order valence-corrected chi connectivity index (χ3v) is 2.73. The predicted molar refractivity (Wildman–Crippen MR) is 69.5 cm³/mol. The summed E-state index contributed by atoms with van der Waals surface area (Å²) in [6.45, 7) is 5.48. The fourth-order valence-electron chi connectivity index (χ4n) is 1.82. The number of rotatable bonds is 2. The smallest absolute Gasteiger partial charge is 0.254 e. The van der Waals surface area contributed by atoms with Gasteiger partial charge < -0.3 is 0 Å². The summed E-state index contributed by atoms with van der Waals surface area (Å²) in [6, 6.07) is 8.71. The summed E-state index contributed by atoms with van der Waals surface area (Å²) in [5.41, 5.74) is 2.41. The summed E-state index contributed by atoms with van der Waals surface area (Å²) in [7, 11) is 0. The number of halogens is 3. The van der Waals surface area contributed by atoms with E-state index < -0.39 is 11.7 Å². The number of hydrogen-bond donors (Lipinski definition) is 0. The molecular weight excluding hydrogens is 251 g/mol. The number of nitrogens with zero attached hydrogens (tertiary/aromatic N) is 1. The maximum atomic E-state index is 12.5. The molecule has 1 heterocycles. The van der Waals surface area contributed by atoms with Crippen LogP contribution in [0.15, 0.2) is 43.0 Å². The SMILES string of the molecule is C=Cc1cc(-c2ccc(C(F)(F)F)cc2)cc(C)n1. The van der Waals surface area contributed by atoms with Crippen LogP contribution in [0.4, 0.5) is 13.2 Å². The Morgan fingerprint density at radius 2 is 1.68 bits per heavy atom. The van der Waals surface area contributed by atoms with Crippen LogP contribution in [0.3, 0.4) is 0 Å². The third-order valence-electron chi connectivity index (χ3n) is 2.73. The average Bonchev–Trinajstić information content (AvgIpc) is 2.37. The summed E-state index contributed by atoms with van der Waals surface area (Å²) in [5.74, 6) is 0. The minimum absolute atomic E-state index is 0.647. The molecule has 0 bridgehead atoms. The number of aryl methyl sites for hydroxylation is 1. The first kappa shape index (κ1) is 13.3. The lowest BCUT2D eigenvalue weighted by Crippen LogP contribution is -2.04. The van der Waals surface area contributed by atoms with Crippen molar-refractivity contribution in [2.24, 2.45) is 0 Å². The quantitative estimate of drug-likeness (QED) is 0.764. The highest BCUT2D eigenvalue weighted by Gasteiger charge is 2.29. The minimum atomic E-state index is -4.31. The van der Waals surface area contributed by atoms with Crippen molar-refractivity contribution in [3.05, 3.63) is 59.9 Å². The van der Waals surface area contributed by atoms with E-state index in [1.807, 2.05) is 13.0 Å². The lowest BCUT2D eigenvalue weighted by atomic mass is 10.0. The van der Waals surface area contributed by atoms with Gasteiger partial charge in [-0.25, -0.2) is 0 Å². The van der Waals surface area contributed by atoms with Crippen LogP contribution in [0.25, 0.3) is 17.2 Å². The van der Waals surface area contributed by atoms with E-state index in [0.717, 1.165) is 29.0 Å². The number of pyridine rings is 1. The summed E-state index contributed by atoms with van der Waals surface area (Å²) < 4.78 is 37.4. The van der Waals surface area contributed by atoms with Crippen LogP contribution in [0.2, 0.25) is 0 Å². The Morgan fingerprint density at radius 3 is 2.21 bits per heavy atom. The van der Waals surface area contributed by atoms with Crippen molar-refractivity contribution in [3.63, 3.8) is 0 Å². The van der Waals surface area contributed by atoms with Gasteiger partial charge in [0.25, 0.3) is 0 Å². The van der Waals surface area contributed by atoms with Gasteiger partial charge in [0.2, 0.25) is 0 Å². The Balaban J connectivity index is 2.42. The van der Waals surface area contributed by atoms with Crippen LogP contribution in [-0.4, -0.2) is 4.98 Å². The van der Waals surface area contributed by atoms with E-state index in [1.165, 1.54) is 12.1 Å². The molecule has 1 aromatic carbocycles. The molecule has 0 amide bonds. The van der Waals surface area contributed by atoms with Gasteiger partial charge in [-0.15, -0.1) is 0 Å². The van der Waals surface area contributed by atoms with Gasteiger partial charge in [0.1, 0.15) is 0 Å². The molecular formula is C15H12F3N. The zero-order valence-corrected chi connectivity index (χ0v) is 10.3. The van der Waals surface area contributed by atoms with Crippen molar-refractivity contribution in [2.75, 3.05) is 0 Å². The summed E-state index contributed by atoms with van der Waals surface area (Å²) in [4.78, 5) is 4.24. The molecule has 0 radical (unpaired) electrons. The van der Waals surface area contributed by atoms with Crippen molar-refractivity contribution < 1.29 is 13.2 Å². The molecule has 2 aromatic rings. The number of aromatic nitrogens is 1. The van der Waals surface area contributed by atoms with E-state index in [4.69, 9.17) is 0 Å². The standard InChI is InChI=1S/C15H12F3N/c1-3-14-9-12(8-10(2)19-14)11-4-6-13(7-5-11)15(16,17)18/h3-9H,1H2,2H3. The van der Waals surface area contributed by atoms with Gasteiger partial charge in [-0.1, -0.05) is 18.7 Å². The molecule has 0 aliphatic rings. The minimum Gasteiger partial charge on any atom is -0.254 e. The number of alkyl halides is 3. The van der Waals surface area contributed by atoms with E-state index in [-0.39, 0.29) is 0 Å². The first-order valence-corrected chi connectivity index (χ1v) is 5.69. The lowest BCUT2D eigenvalue weighted by Gasteiger charge is -2.08.